The molecule has 0 bridgehead atoms. The summed E-state index contributed by atoms with van der Waals surface area (Å²) in [4.78, 5) is 18.7. The van der Waals surface area contributed by atoms with E-state index < -0.39 is 11.8 Å². The number of rotatable bonds is 3. The Morgan fingerprint density at radius 2 is 2.04 bits per heavy atom. The van der Waals surface area contributed by atoms with E-state index >= 15 is 0 Å². The minimum Gasteiger partial charge on any atom is -0.478 e. The van der Waals surface area contributed by atoms with Crippen LogP contribution in [0.3, 0.4) is 0 Å². The minimum absolute atomic E-state index is 0. The maximum atomic E-state index is 14.2. The molecule has 0 aliphatic heterocycles. The van der Waals surface area contributed by atoms with Crippen LogP contribution >= 0.6 is 24.8 Å². The van der Waals surface area contributed by atoms with E-state index in [0.717, 1.165) is 23.3 Å². The summed E-state index contributed by atoms with van der Waals surface area (Å²) in [6.07, 6.45) is 6.53. The summed E-state index contributed by atoms with van der Waals surface area (Å²) >= 11 is 0. The Hall–Kier alpha value is -2.44. The van der Waals surface area contributed by atoms with Gasteiger partial charge >= 0.3 is 5.97 Å². The van der Waals surface area contributed by atoms with Crippen molar-refractivity contribution in [3.05, 3.63) is 54.4 Å². The number of aryl methyl sites for hydroxylation is 1. The lowest BCUT2D eigenvalue weighted by Gasteiger charge is -2.08. The van der Waals surface area contributed by atoms with Crippen LogP contribution in [0.5, 0.6) is 0 Å². The molecule has 0 unspecified atom stereocenters. The van der Waals surface area contributed by atoms with Crippen LogP contribution in [0.25, 0.3) is 28.2 Å². The van der Waals surface area contributed by atoms with Crippen LogP contribution in [0, 0.1) is 5.82 Å². The van der Waals surface area contributed by atoms with Gasteiger partial charge in [0, 0.05) is 30.4 Å². The Labute approximate surface area is 149 Å². The summed E-state index contributed by atoms with van der Waals surface area (Å²) in [7, 11) is 1.85. The maximum Gasteiger partial charge on any atom is 0.328 e. The van der Waals surface area contributed by atoms with E-state index in [1.165, 1.54) is 12.3 Å². The maximum absolute atomic E-state index is 14.2. The smallest absolute Gasteiger partial charge is 0.328 e. The number of benzene rings is 1. The fourth-order valence-corrected chi connectivity index (χ4v) is 2.32. The summed E-state index contributed by atoms with van der Waals surface area (Å²) < 4.78 is 16.1. The van der Waals surface area contributed by atoms with E-state index in [1.54, 1.807) is 18.5 Å². The highest BCUT2D eigenvalue weighted by Crippen LogP contribution is 2.29. The van der Waals surface area contributed by atoms with Gasteiger partial charge in [-0.1, -0.05) is 6.07 Å². The van der Waals surface area contributed by atoms with Crippen molar-refractivity contribution < 1.29 is 14.3 Å². The summed E-state index contributed by atoms with van der Waals surface area (Å²) in [5, 5.41) is 8.74. The van der Waals surface area contributed by atoms with Gasteiger partial charge in [0.1, 0.15) is 5.82 Å². The molecule has 24 heavy (non-hydrogen) atoms. The number of carboxylic acid groups (broad SMARTS) is 1. The number of carboxylic acids is 1. The van der Waals surface area contributed by atoms with E-state index in [2.05, 4.69) is 9.97 Å². The fraction of sp³-hybridized carbons (Fsp3) is 0.0625. The van der Waals surface area contributed by atoms with Crippen molar-refractivity contribution in [1.29, 1.82) is 0 Å². The lowest BCUT2D eigenvalue weighted by Crippen LogP contribution is -1.93. The molecule has 0 spiro atoms. The number of hydrogen-bond donors (Lipinski definition) is 1. The lowest BCUT2D eigenvalue weighted by molar-refractivity contribution is -0.131. The Bertz CT molecular complexity index is 909. The summed E-state index contributed by atoms with van der Waals surface area (Å²) in [6.45, 7) is 0. The van der Waals surface area contributed by atoms with Crippen LogP contribution in [0.1, 0.15) is 5.56 Å². The molecule has 0 fully saturated rings. The normalized spacial score (nSPS) is 10.4. The number of imidazole rings is 1. The number of carbonyl (C=O) groups is 1. The standard InChI is InChI=1S/C16H12FN3O2.2ClH/c1-20-9-19-13-4-2-10(6-14(13)20)16-11(3-5-15(21)22)7-18-8-12(16)17;;/h2-9H,1H3,(H,21,22);2*1H/b5-3+;;. The third-order valence-electron chi connectivity index (χ3n) is 3.35. The van der Waals surface area contributed by atoms with E-state index in [-0.39, 0.29) is 24.8 Å². The Morgan fingerprint density at radius 3 is 2.75 bits per heavy atom. The highest BCUT2D eigenvalue weighted by Gasteiger charge is 2.12. The van der Waals surface area contributed by atoms with Crippen molar-refractivity contribution in [3.63, 3.8) is 0 Å². The predicted molar refractivity (Wildman–Crippen MR) is 95.1 cm³/mol. The van der Waals surface area contributed by atoms with E-state index in [9.17, 15) is 9.18 Å². The van der Waals surface area contributed by atoms with Gasteiger partial charge in [0.05, 0.1) is 23.6 Å². The van der Waals surface area contributed by atoms with Gasteiger partial charge in [-0.2, -0.15) is 0 Å². The molecule has 8 heteroatoms. The van der Waals surface area contributed by atoms with Crippen LogP contribution in [0.2, 0.25) is 0 Å². The Kier molecular flexibility index (Phi) is 6.45. The number of hydrogen-bond acceptors (Lipinski definition) is 3. The average molecular weight is 370 g/mol. The first-order valence-electron chi connectivity index (χ1n) is 6.52. The van der Waals surface area contributed by atoms with Crippen molar-refractivity contribution in [2.45, 2.75) is 0 Å². The quantitative estimate of drug-likeness (QED) is 0.714. The second kappa shape index (κ2) is 7.90. The Balaban J connectivity index is 0.00000144. The number of pyridine rings is 1. The first-order chi connectivity index (χ1) is 10.6. The average Bonchev–Trinajstić information content (AvgIpc) is 2.86. The molecule has 1 N–H and O–H groups in total. The molecule has 0 atom stereocenters. The molecule has 3 aromatic rings. The first kappa shape index (κ1) is 19.6. The molecule has 0 aliphatic rings. The lowest BCUT2D eigenvalue weighted by atomic mass is 10.0. The molecular formula is C16H14Cl2FN3O2. The third kappa shape index (κ3) is 3.72. The highest BCUT2D eigenvalue weighted by atomic mass is 35.5. The third-order valence-corrected chi connectivity index (χ3v) is 3.35. The molecule has 126 valence electrons. The largest absolute Gasteiger partial charge is 0.478 e. The van der Waals surface area contributed by atoms with Crippen molar-refractivity contribution in [3.8, 4) is 11.1 Å². The van der Waals surface area contributed by atoms with Gasteiger partial charge in [-0.3, -0.25) is 4.98 Å². The monoisotopic (exact) mass is 369 g/mol. The van der Waals surface area contributed by atoms with Crippen LogP contribution in [0.4, 0.5) is 4.39 Å². The minimum atomic E-state index is -1.10. The topological polar surface area (TPSA) is 68.0 Å². The van der Waals surface area contributed by atoms with Gasteiger partial charge in [0.2, 0.25) is 0 Å². The van der Waals surface area contributed by atoms with Gasteiger partial charge < -0.3 is 9.67 Å². The second-order valence-corrected chi connectivity index (χ2v) is 4.82. The number of aromatic nitrogens is 3. The molecule has 5 nitrogen and oxygen atoms in total. The number of fused-ring (bicyclic) bond motifs is 1. The molecule has 2 aromatic heterocycles. The van der Waals surface area contributed by atoms with Gasteiger partial charge in [-0.25, -0.2) is 14.2 Å². The van der Waals surface area contributed by atoms with E-state index in [1.807, 2.05) is 17.7 Å². The van der Waals surface area contributed by atoms with Gasteiger partial charge in [0.25, 0.3) is 0 Å². The molecular weight excluding hydrogens is 356 g/mol. The zero-order chi connectivity index (χ0) is 15.7. The summed E-state index contributed by atoms with van der Waals surface area (Å²) in [5.74, 6) is -1.61. The SMILES string of the molecule is Cl.Cl.Cn1cnc2ccc(-c3c(F)cncc3/C=C/C(=O)O)cc21. The molecule has 0 aliphatic carbocycles. The van der Waals surface area contributed by atoms with Gasteiger partial charge in [-0.15, -0.1) is 24.8 Å². The van der Waals surface area contributed by atoms with Crippen molar-refractivity contribution in [2.24, 2.45) is 7.05 Å². The Morgan fingerprint density at radius 1 is 1.29 bits per heavy atom. The summed E-state index contributed by atoms with van der Waals surface area (Å²) in [6, 6.07) is 5.37. The number of halogens is 3. The number of aliphatic carboxylic acids is 1. The van der Waals surface area contributed by atoms with E-state index in [4.69, 9.17) is 5.11 Å². The van der Waals surface area contributed by atoms with Crippen LogP contribution < -0.4 is 0 Å². The van der Waals surface area contributed by atoms with Crippen LogP contribution in [-0.2, 0) is 11.8 Å². The molecule has 2 heterocycles. The molecule has 0 saturated heterocycles. The number of nitrogens with zero attached hydrogens (tertiary/aromatic N) is 3. The van der Waals surface area contributed by atoms with Gasteiger partial charge in [-0.05, 0) is 23.8 Å². The van der Waals surface area contributed by atoms with Crippen LogP contribution in [-0.4, -0.2) is 25.6 Å². The molecule has 1 aromatic carbocycles. The van der Waals surface area contributed by atoms with E-state index in [0.29, 0.717) is 16.7 Å². The van der Waals surface area contributed by atoms with Crippen molar-refractivity contribution >= 4 is 47.9 Å². The van der Waals surface area contributed by atoms with Crippen LogP contribution in [0.15, 0.2) is 43.0 Å². The molecule has 0 amide bonds. The second-order valence-electron chi connectivity index (χ2n) is 4.82. The zero-order valence-corrected chi connectivity index (χ0v) is 14.1. The highest BCUT2D eigenvalue weighted by molar-refractivity contribution is 5.89. The molecule has 0 radical (unpaired) electrons. The summed E-state index contributed by atoms with van der Waals surface area (Å²) in [5.41, 5.74) is 3.03. The van der Waals surface area contributed by atoms with Crippen molar-refractivity contribution in [2.75, 3.05) is 0 Å². The van der Waals surface area contributed by atoms with Crippen molar-refractivity contribution in [1.82, 2.24) is 14.5 Å². The molecule has 3 rings (SSSR count). The fourth-order valence-electron chi connectivity index (χ4n) is 2.32. The van der Waals surface area contributed by atoms with Gasteiger partial charge in [0.15, 0.2) is 0 Å². The first-order valence-corrected chi connectivity index (χ1v) is 6.52. The predicted octanol–water partition coefficient (Wildman–Crippen LogP) is 3.72. The molecule has 0 saturated carbocycles. The zero-order valence-electron chi connectivity index (χ0n) is 12.5.